The number of hydrogen-bond donors (Lipinski definition) is 1. The molecular formula is C15H13BrKNO5S. The van der Waals surface area contributed by atoms with Gasteiger partial charge in [-0.25, -0.2) is 8.42 Å². The van der Waals surface area contributed by atoms with Gasteiger partial charge in [-0.2, -0.15) is 0 Å². The molecule has 0 aliphatic rings. The summed E-state index contributed by atoms with van der Waals surface area (Å²) in [6, 6.07) is 9.89. The van der Waals surface area contributed by atoms with E-state index in [-0.39, 0.29) is 73.3 Å². The molecule has 1 N–H and O–H groups in total. The van der Waals surface area contributed by atoms with Crippen molar-refractivity contribution in [1.82, 2.24) is 0 Å². The fourth-order valence-corrected chi connectivity index (χ4v) is 3.59. The third kappa shape index (κ3) is 5.55. The molecular weight excluding hydrogens is 425 g/mol. The minimum atomic E-state index is -3.89. The number of carboxylic acid groups (broad SMARTS) is 1. The Morgan fingerprint density at radius 1 is 1.21 bits per heavy atom. The van der Waals surface area contributed by atoms with E-state index in [2.05, 4.69) is 20.7 Å². The first-order chi connectivity index (χ1) is 10.8. The molecule has 6 nitrogen and oxygen atoms in total. The second-order valence-corrected chi connectivity index (χ2v) is 7.06. The Morgan fingerprint density at radius 3 is 2.38 bits per heavy atom. The molecule has 0 bridgehead atoms. The first-order valence-electron chi connectivity index (χ1n) is 6.60. The van der Waals surface area contributed by atoms with E-state index in [0.29, 0.717) is 11.1 Å². The van der Waals surface area contributed by atoms with Crippen LogP contribution in [0.4, 0.5) is 5.69 Å². The van der Waals surface area contributed by atoms with E-state index in [4.69, 9.17) is 4.74 Å². The molecule has 0 aliphatic heterocycles. The summed E-state index contributed by atoms with van der Waals surface area (Å²) in [6.07, 6.45) is 0. The van der Waals surface area contributed by atoms with Crippen LogP contribution >= 0.6 is 15.9 Å². The summed E-state index contributed by atoms with van der Waals surface area (Å²) >= 11 is 3.23. The minimum absolute atomic E-state index is 0. The molecule has 0 aliphatic carbocycles. The van der Waals surface area contributed by atoms with Gasteiger partial charge >= 0.3 is 51.4 Å². The number of hydrogen-bond acceptors (Lipinski definition) is 5. The fraction of sp³-hybridized carbons (Fsp3) is 0.133. The van der Waals surface area contributed by atoms with Gasteiger partial charge in [0.1, 0.15) is 10.6 Å². The molecule has 0 unspecified atom stereocenters. The van der Waals surface area contributed by atoms with Crippen LogP contribution in [0.25, 0.3) is 0 Å². The molecule has 0 atom stereocenters. The van der Waals surface area contributed by atoms with Crippen LogP contribution in [0.3, 0.4) is 0 Å². The van der Waals surface area contributed by atoms with Crippen molar-refractivity contribution < 1.29 is 74.4 Å². The van der Waals surface area contributed by atoms with Crippen LogP contribution in [-0.2, 0) is 10.0 Å². The van der Waals surface area contributed by atoms with Gasteiger partial charge in [-0.3, -0.25) is 4.72 Å². The first-order valence-corrected chi connectivity index (χ1v) is 8.87. The summed E-state index contributed by atoms with van der Waals surface area (Å²) in [5.74, 6) is -1.10. The van der Waals surface area contributed by atoms with Gasteiger partial charge in [-0.1, -0.05) is 28.1 Å². The summed E-state index contributed by atoms with van der Waals surface area (Å²) in [6.45, 7) is 2.08. The summed E-state index contributed by atoms with van der Waals surface area (Å²) in [7, 11) is -3.89. The van der Waals surface area contributed by atoms with Crippen LogP contribution in [-0.4, -0.2) is 21.0 Å². The van der Waals surface area contributed by atoms with Crippen molar-refractivity contribution in [3.63, 3.8) is 0 Å². The van der Waals surface area contributed by atoms with Crippen LogP contribution in [0, 0.1) is 0 Å². The second kappa shape index (κ2) is 9.32. The Morgan fingerprint density at radius 2 is 1.83 bits per heavy atom. The van der Waals surface area contributed by atoms with E-state index in [0.717, 1.165) is 0 Å². The quantitative estimate of drug-likeness (QED) is 0.585. The predicted molar refractivity (Wildman–Crippen MR) is 86.9 cm³/mol. The van der Waals surface area contributed by atoms with Gasteiger partial charge in [-0.15, -0.1) is 0 Å². The van der Waals surface area contributed by atoms with Crippen LogP contribution in [0.2, 0.25) is 0 Å². The summed E-state index contributed by atoms with van der Waals surface area (Å²) in [4.78, 5) is 10.7. The van der Waals surface area contributed by atoms with E-state index in [9.17, 15) is 18.3 Å². The number of carbonyl (C=O) groups excluding carboxylic acids is 1. The zero-order valence-corrected chi connectivity index (χ0v) is 18.6. The van der Waals surface area contributed by atoms with Crippen LogP contribution < -0.4 is 66.0 Å². The topological polar surface area (TPSA) is 95.5 Å². The van der Waals surface area contributed by atoms with Crippen molar-refractivity contribution in [2.24, 2.45) is 0 Å². The van der Waals surface area contributed by atoms with E-state index in [1.807, 2.05) is 0 Å². The molecule has 2 aromatic rings. The maximum Gasteiger partial charge on any atom is 1.00 e. The van der Waals surface area contributed by atoms with Crippen molar-refractivity contribution in [1.29, 1.82) is 0 Å². The number of carbonyl (C=O) groups is 1. The summed E-state index contributed by atoms with van der Waals surface area (Å²) in [5, 5.41) is 10.7. The molecule has 0 aromatic heterocycles. The standard InChI is InChI=1S/C15H14BrNO5S.K/c1-2-22-13-8-5-11(16)9-14(13)23(20,21)17-12-6-3-10(4-7-12)15(18)19;/h3-9,17H,2H2,1H3,(H,18,19);/q;+1/p-1. The molecule has 0 radical (unpaired) electrons. The molecule has 2 aromatic carbocycles. The van der Waals surface area contributed by atoms with Gasteiger partial charge in [-0.05, 0) is 42.8 Å². The predicted octanol–water partition coefficient (Wildman–Crippen LogP) is -0.984. The van der Waals surface area contributed by atoms with Gasteiger partial charge in [0.05, 0.1) is 12.6 Å². The number of rotatable bonds is 6. The Bertz CT molecular complexity index is 824. The molecule has 24 heavy (non-hydrogen) atoms. The number of sulfonamides is 1. The first kappa shape index (κ1) is 21.6. The molecule has 2 rings (SSSR count). The Balaban J connectivity index is 0.00000288. The molecule has 0 saturated carbocycles. The smallest absolute Gasteiger partial charge is 0.545 e. The molecule has 122 valence electrons. The van der Waals surface area contributed by atoms with E-state index in [1.54, 1.807) is 19.1 Å². The maximum atomic E-state index is 12.5. The maximum absolute atomic E-state index is 12.5. The number of ether oxygens (including phenoxy) is 1. The molecule has 0 fully saturated rings. The van der Waals surface area contributed by atoms with Crippen molar-refractivity contribution in [3.05, 3.63) is 52.5 Å². The van der Waals surface area contributed by atoms with Gasteiger partial charge in [0, 0.05) is 10.2 Å². The minimum Gasteiger partial charge on any atom is -0.545 e. The van der Waals surface area contributed by atoms with Crippen molar-refractivity contribution >= 4 is 37.6 Å². The zero-order chi connectivity index (χ0) is 17.0. The number of anilines is 1. The zero-order valence-electron chi connectivity index (χ0n) is 13.1. The Kier molecular flexibility index (Phi) is 8.40. The monoisotopic (exact) mass is 437 g/mol. The third-order valence-corrected chi connectivity index (χ3v) is 4.76. The van der Waals surface area contributed by atoms with E-state index in [1.165, 1.54) is 30.3 Å². The average molecular weight is 438 g/mol. The number of nitrogens with one attached hydrogen (secondary N) is 1. The Labute approximate surface area is 191 Å². The summed E-state index contributed by atoms with van der Waals surface area (Å²) < 4.78 is 33.4. The van der Waals surface area contributed by atoms with Crippen LogP contribution in [0.5, 0.6) is 5.75 Å². The number of carboxylic acids is 1. The van der Waals surface area contributed by atoms with Gasteiger partial charge in [0.25, 0.3) is 10.0 Å². The van der Waals surface area contributed by atoms with Crippen LogP contribution in [0.1, 0.15) is 17.3 Å². The fourth-order valence-electron chi connectivity index (χ4n) is 1.85. The summed E-state index contributed by atoms with van der Waals surface area (Å²) in [5.41, 5.74) is 0.197. The van der Waals surface area contributed by atoms with Crippen molar-refractivity contribution in [2.75, 3.05) is 11.3 Å². The number of benzene rings is 2. The van der Waals surface area contributed by atoms with Crippen molar-refractivity contribution in [3.8, 4) is 5.75 Å². The van der Waals surface area contributed by atoms with Crippen LogP contribution in [0.15, 0.2) is 51.8 Å². The number of aromatic carboxylic acids is 1. The second-order valence-electron chi connectivity index (χ2n) is 4.49. The Hall–Kier alpha value is -0.424. The average Bonchev–Trinajstić information content (AvgIpc) is 2.49. The molecule has 0 saturated heterocycles. The van der Waals surface area contributed by atoms with Crippen molar-refractivity contribution in [2.45, 2.75) is 11.8 Å². The molecule has 0 heterocycles. The normalized spacial score (nSPS) is 10.6. The van der Waals surface area contributed by atoms with E-state index < -0.39 is 16.0 Å². The van der Waals surface area contributed by atoms with Gasteiger partial charge < -0.3 is 14.6 Å². The molecule has 0 amide bonds. The van der Waals surface area contributed by atoms with Gasteiger partial charge in [0.2, 0.25) is 0 Å². The molecule has 0 spiro atoms. The largest absolute Gasteiger partial charge is 1.00 e. The third-order valence-electron chi connectivity index (χ3n) is 2.87. The molecule has 9 heteroatoms. The van der Waals surface area contributed by atoms with E-state index >= 15 is 0 Å². The SMILES string of the molecule is CCOc1ccc(Br)cc1S(=O)(=O)Nc1ccc(C(=O)[O-])cc1.[K+]. The van der Waals surface area contributed by atoms with Gasteiger partial charge in [0.15, 0.2) is 0 Å². The number of halogens is 1.